The van der Waals surface area contributed by atoms with E-state index >= 15 is 0 Å². The molecule has 0 unspecified atom stereocenters. The Hall–Kier alpha value is -2.16. The molecule has 1 N–H and O–H groups in total. The summed E-state index contributed by atoms with van der Waals surface area (Å²) in [6.45, 7) is 0. The number of aromatic nitrogens is 4. The molecule has 0 aliphatic carbocycles. The maximum absolute atomic E-state index is 13.3. The maximum atomic E-state index is 13.3. The molecule has 0 aliphatic rings. The predicted molar refractivity (Wildman–Crippen MR) is 94.9 cm³/mol. The molecule has 128 valence electrons. The Balaban J connectivity index is 1.67. The highest BCUT2D eigenvalue weighted by atomic mass is 35.5. The van der Waals surface area contributed by atoms with E-state index in [4.69, 9.17) is 23.2 Å². The predicted octanol–water partition coefficient (Wildman–Crippen LogP) is 3.84. The second-order valence-corrected chi connectivity index (χ2v) is 6.60. The smallest absolute Gasteiger partial charge is 0.234 e. The van der Waals surface area contributed by atoms with Crippen molar-refractivity contribution in [2.24, 2.45) is 0 Å². The van der Waals surface area contributed by atoms with E-state index in [1.165, 1.54) is 16.8 Å². The first-order chi connectivity index (χ1) is 12.0. The van der Waals surface area contributed by atoms with Crippen LogP contribution in [0.25, 0.3) is 5.69 Å². The van der Waals surface area contributed by atoms with Gasteiger partial charge in [0.1, 0.15) is 5.82 Å². The normalized spacial score (nSPS) is 10.7. The Bertz CT molecular complexity index is 920. The highest BCUT2D eigenvalue weighted by Crippen LogP contribution is 2.26. The minimum atomic E-state index is -0.405. The van der Waals surface area contributed by atoms with Gasteiger partial charge in [0.25, 0.3) is 0 Å². The number of tetrazole rings is 1. The van der Waals surface area contributed by atoms with Crippen LogP contribution < -0.4 is 5.32 Å². The van der Waals surface area contributed by atoms with E-state index in [1.807, 2.05) is 0 Å². The lowest BCUT2D eigenvalue weighted by Crippen LogP contribution is -2.15. The molecular weight excluding hydrogens is 388 g/mol. The third-order valence-electron chi connectivity index (χ3n) is 3.03. The Morgan fingerprint density at radius 2 is 2.08 bits per heavy atom. The van der Waals surface area contributed by atoms with E-state index < -0.39 is 5.82 Å². The number of hydrogen-bond donors (Lipinski definition) is 1. The number of thioether (sulfide) groups is 1. The van der Waals surface area contributed by atoms with Crippen LogP contribution >= 0.6 is 35.0 Å². The maximum Gasteiger partial charge on any atom is 0.234 e. The molecule has 10 heteroatoms. The molecule has 0 atom stereocenters. The summed E-state index contributed by atoms with van der Waals surface area (Å²) in [6.07, 6.45) is 0. The minimum Gasteiger partial charge on any atom is -0.324 e. The molecule has 0 saturated heterocycles. The number of carbonyl (C=O) groups is 1. The number of nitrogens with one attached hydrogen (secondary N) is 1. The van der Waals surface area contributed by atoms with Gasteiger partial charge < -0.3 is 5.32 Å². The molecule has 0 bridgehead atoms. The largest absolute Gasteiger partial charge is 0.324 e. The van der Waals surface area contributed by atoms with E-state index in [0.717, 1.165) is 11.8 Å². The van der Waals surface area contributed by atoms with Crippen LogP contribution in [0.15, 0.2) is 47.6 Å². The third kappa shape index (κ3) is 4.47. The number of amides is 1. The van der Waals surface area contributed by atoms with Gasteiger partial charge in [0.15, 0.2) is 0 Å². The molecule has 0 spiro atoms. The number of anilines is 1. The summed E-state index contributed by atoms with van der Waals surface area (Å²) in [5.74, 6) is -0.668. The first kappa shape index (κ1) is 17.7. The van der Waals surface area contributed by atoms with Crippen LogP contribution in [0, 0.1) is 5.82 Å². The fraction of sp³-hybridized carbons (Fsp3) is 0.0667. The quantitative estimate of drug-likeness (QED) is 0.662. The summed E-state index contributed by atoms with van der Waals surface area (Å²) in [5.41, 5.74) is 0.885. The van der Waals surface area contributed by atoms with Crippen LogP contribution in [0.2, 0.25) is 10.0 Å². The van der Waals surface area contributed by atoms with Crippen molar-refractivity contribution in [2.45, 2.75) is 5.16 Å². The molecule has 2 aromatic carbocycles. The van der Waals surface area contributed by atoms with E-state index in [1.54, 1.807) is 30.3 Å². The number of benzene rings is 2. The summed E-state index contributed by atoms with van der Waals surface area (Å²) in [4.78, 5) is 12.1. The Morgan fingerprint density at radius 3 is 2.88 bits per heavy atom. The monoisotopic (exact) mass is 397 g/mol. The van der Waals surface area contributed by atoms with Gasteiger partial charge in [0.05, 0.1) is 22.2 Å². The molecule has 0 radical (unpaired) electrons. The molecule has 25 heavy (non-hydrogen) atoms. The van der Waals surface area contributed by atoms with Crippen LogP contribution in [-0.2, 0) is 4.79 Å². The zero-order chi connectivity index (χ0) is 17.8. The van der Waals surface area contributed by atoms with E-state index in [0.29, 0.717) is 26.6 Å². The summed E-state index contributed by atoms with van der Waals surface area (Å²) in [7, 11) is 0. The van der Waals surface area contributed by atoms with Crippen molar-refractivity contribution in [3.63, 3.8) is 0 Å². The number of rotatable bonds is 5. The fourth-order valence-electron chi connectivity index (χ4n) is 1.95. The zero-order valence-corrected chi connectivity index (χ0v) is 14.8. The number of halogens is 3. The van der Waals surface area contributed by atoms with Crippen molar-refractivity contribution >= 4 is 46.6 Å². The summed E-state index contributed by atoms with van der Waals surface area (Å²) in [6, 6.07) is 10.6. The number of hydrogen-bond acceptors (Lipinski definition) is 5. The summed E-state index contributed by atoms with van der Waals surface area (Å²) < 4.78 is 14.7. The van der Waals surface area contributed by atoms with Crippen LogP contribution in [0.4, 0.5) is 10.1 Å². The molecule has 1 aromatic heterocycles. The van der Waals surface area contributed by atoms with E-state index in [9.17, 15) is 9.18 Å². The van der Waals surface area contributed by atoms with Crippen molar-refractivity contribution in [1.29, 1.82) is 0 Å². The average Bonchev–Trinajstić information content (AvgIpc) is 3.05. The van der Waals surface area contributed by atoms with Crippen LogP contribution in [-0.4, -0.2) is 31.9 Å². The van der Waals surface area contributed by atoms with Gasteiger partial charge in [0, 0.05) is 5.02 Å². The molecule has 3 rings (SSSR count). The zero-order valence-electron chi connectivity index (χ0n) is 12.5. The van der Waals surface area contributed by atoms with Crippen molar-refractivity contribution in [1.82, 2.24) is 20.2 Å². The van der Waals surface area contributed by atoms with Crippen LogP contribution in [0.3, 0.4) is 0 Å². The van der Waals surface area contributed by atoms with E-state index in [2.05, 4.69) is 20.8 Å². The number of carbonyl (C=O) groups excluding carboxylic acids is 1. The van der Waals surface area contributed by atoms with Crippen LogP contribution in [0.5, 0.6) is 0 Å². The molecule has 0 aliphatic heterocycles. The molecule has 0 saturated carbocycles. The highest BCUT2D eigenvalue weighted by Gasteiger charge is 2.13. The Labute approximate surface area is 156 Å². The Kier molecular flexibility index (Phi) is 5.52. The van der Waals surface area contributed by atoms with Crippen molar-refractivity contribution in [2.75, 3.05) is 11.1 Å². The highest BCUT2D eigenvalue weighted by molar-refractivity contribution is 7.99. The molecule has 3 aromatic rings. The van der Waals surface area contributed by atoms with Gasteiger partial charge in [-0.25, -0.2) is 4.39 Å². The van der Waals surface area contributed by atoms with Gasteiger partial charge >= 0.3 is 0 Å². The molecular formula is C15H10Cl2FN5OS. The molecule has 1 amide bonds. The van der Waals surface area contributed by atoms with Gasteiger partial charge in [-0.2, -0.15) is 4.68 Å². The topological polar surface area (TPSA) is 72.7 Å². The van der Waals surface area contributed by atoms with Gasteiger partial charge in [0.2, 0.25) is 11.1 Å². The molecule has 6 nitrogen and oxygen atoms in total. The second-order valence-electron chi connectivity index (χ2n) is 4.81. The Morgan fingerprint density at radius 1 is 1.24 bits per heavy atom. The second kappa shape index (κ2) is 7.81. The number of nitrogens with zero attached hydrogens (tertiary/aromatic N) is 4. The lowest BCUT2D eigenvalue weighted by molar-refractivity contribution is -0.113. The van der Waals surface area contributed by atoms with Crippen molar-refractivity contribution in [3.8, 4) is 5.69 Å². The van der Waals surface area contributed by atoms with E-state index in [-0.39, 0.29) is 11.7 Å². The first-order valence-electron chi connectivity index (χ1n) is 6.95. The van der Waals surface area contributed by atoms with Gasteiger partial charge in [-0.1, -0.05) is 41.0 Å². The SMILES string of the molecule is O=C(CSc1nnnn1-c1cccc(F)c1)Nc1cc(Cl)ccc1Cl. The summed E-state index contributed by atoms with van der Waals surface area (Å²) >= 11 is 13.0. The lowest BCUT2D eigenvalue weighted by atomic mass is 10.3. The standard InChI is InChI=1S/C15H10Cl2FN5OS/c16-9-4-5-12(17)13(6-9)19-14(24)8-25-15-20-21-22-23(15)11-3-1-2-10(18)7-11/h1-7H,8H2,(H,19,24). The third-order valence-corrected chi connectivity index (χ3v) is 4.51. The van der Waals surface area contributed by atoms with Crippen LogP contribution in [0.1, 0.15) is 0 Å². The molecule has 0 fully saturated rings. The van der Waals surface area contributed by atoms with Crippen molar-refractivity contribution < 1.29 is 9.18 Å². The van der Waals surface area contributed by atoms with Gasteiger partial charge in [-0.3, -0.25) is 4.79 Å². The van der Waals surface area contributed by atoms with Crippen molar-refractivity contribution in [3.05, 3.63) is 58.3 Å². The average molecular weight is 398 g/mol. The summed E-state index contributed by atoms with van der Waals surface area (Å²) in [5, 5.41) is 15.1. The fourth-order valence-corrected chi connectivity index (χ4v) is 2.98. The first-order valence-corrected chi connectivity index (χ1v) is 8.69. The lowest BCUT2D eigenvalue weighted by Gasteiger charge is -2.07. The minimum absolute atomic E-state index is 0.0402. The van der Waals surface area contributed by atoms with Gasteiger partial charge in [-0.05, 0) is 46.8 Å². The molecule has 1 heterocycles. The van der Waals surface area contributed by atoms with Gasteiger partial charge in [-0.15, -0.1) is 5.10 Å².